The Morgan fingerprint density at radius 2 is 2.04 bits per heavy atom. The van der Waals surface area contributed by atoms with Gasteiger partial charge in [-0.15, -0.1) is 11.3 Å². The maximum absolute atomic E-state index is 12.4. The molecule has 1 amide bonds. The molecule has 7 heteroatoms. The molecule has 0 saturated carbocycles. The van der Waals surface area contributed by atoms with Crippen LogP contribution in [0.2, 0.25) is 0 Å². The largest absolute Gasteiger partial charge is 0.325 e. The number of aromatic amines is 1. The Morgan fingerprint density at radius 1 is 1.33 bits per heavy atom. The van der Waals surface area contributed by atoms with E-state index < -0.39 is 11.8 Å². The third kappa shape index (κ3) is 2.79. The SMILES string of the molecule is Cc1sc2nc([C@@H](C#N)C(=O)Nc3ccccc3)[nH]c(=O)c2c1C. The van der Waals surface area contributed by atoms with Gasteiger partial charge in [-0.25, -0.2) is 4.98 Å². The summed E-state index contributed by atoms with van der Waals surface area (Å²) >= 11 is 1.38. The monoisotopic (exact) mass is 338 g/mol. The fraction of sp³-hybridized carbons (Fsp3) is 0.176. The minimum atomic E-state index is -1.19. The second-order valence-electron chi connectivity index (χ2n) is 5.33. The number of hydrogen-bond acceptors (Lipinski definition) is 5. The number of aryl methyl sites for hydroxylation is 2. The van der Waals surface area contributed by atoms with Crippen molar-refractivity contribution in [1.29, 1.82) is 5.26 Å². The first-order valence-electron chi connectivity index (χ1n) is 7.26. The molecule has 0 spiro atoms. The molecular formula is C17H14N4O2S. The normalized spacial score (nSPS) is 11.9. The van der Waals surface area contributed by atoms with Gasteiger partial charge in [0.15, 0.2) is 5.92 Å². The molecule has 3 aromatic rings. The molecular weight excluding hydrogens is 324 g/mol. The van der Waals surface area contributed by atoms with E-state index in [1.54, 1.807) is 24.3 Å². The van der Waals surface area contributed by atoms with Crippen molar-refractivity contribution in [2.24, 2.45) is 0 Å². The number of aromatic nitrogens is 2. The van der Waals surface area contributed by atoms with Gasteiger partial charge in [0.05, 0.1) is 11.5 Å². The van der Waals surface area contributed by atoms with Crippen molar-refractivity contribution in [1.82, 2.24) is 9.97 Å². The van der Waals surface area contributed by atoms with Gasteiger partial charge in [0.25, 0.3) is 5.56 Å². The van der Waals surface area contributed by atoms with Crippen molar-refractivity contribution in [3.8, 4) is 6.07 Å². The highest BCUT2D eigenvalue weighted by Crippen LogP contribution is 2.27. The van der Waals surface area contributed by atoms with Crippen molar-refractivity contribution in [2.75, 3.05) is 5.32 Å². The number of carbonyl (C=O) groups excluding carboxylic acids is 1. The van der Waals surface area contributed by atoms with Crippen LogP contribution in [0.4, 0.5) is 5.69 Å². The zero-order valence-corrected chi connectivity index (χ0v) is 13.9. The first-order chi connectivity index (χ1) is 11.5. The van der Waals surface area contributed by atoms with E-state index in [2.05, 4.69) is 15.3 Å². The minimum absolute atomic E-state index is 0.0599. The molecule has 0 saturated heterocycles. The number of nitrogens with zero attached hydrogens (tertiary/aromatic N) is 2. The van der Waals surface area contributed by atoms with Crippen LogP contribution >= 0.6 is 11.3 Å². The Kier molecular flexibility index (Phi) is 4.15. The molecule has 0 unspecified atom stereocenters. The van der Waals surface area contributed by atoms with E-state index in [4.69, 9.17) is 0 Å². The molecule has 2 N–H and O–H groups in total. The molecule has 6 nitrogen and oxygen atoms in total. The zero-order valence-electron chi connectivity index (χ0n) is 13.1. The number of nitrogens with one attached hydrogen (secondary N) is 2. The van der Waals surface area contributed by atoms with Crippen LogP contribution in [-0.2, 0) is 4.79 Å². The van der Waals surface area contributed by atoms with Gasteiger partial charge in [0.2, 0.25) is 5.91 Å². The fourth-order valence-electron chi connectivity index (χ4n) is 2.39. The summed E-state index contributed by atoms with van der Waals surface area (Å²) < 4.78 is 0. The lowest BCUT2D eigenvalue weighted by Gasteiger charge is -2.09. The molecule has 0 aliphatic rings. The molecule has 0 aliphatic heterocycles. The Morgan fingerprint density at radius 3 is 2.71 bits per heavy atom. The summed E-state index contributed by atoms with van der Waals surface area (Å²) in [6, 6.07) is 10.7. The second-order valence-corrected chi connectivity index (χ2v) is 6.54. The van der Waals surface area contributed by atoms with Crippen molar-refractivity contribution in [3.63, 3.8) is 0 Å². The Bertz CT molecular complexity index is 1010. The number of rotatable bonds is 3. The quantitative estimate of drug-likeness (QED) is 0.767. The lowest BCUT2D eigenvalue weighted by atomic mass is 10.1. The van der Waals surface area contributed by atoms with E-state index in [1.165, 1.54) is 11.3 Å². The van der Waals surface area contributed by atoms with E-state index in [0.29, 0.717) is 15.9 Å². The van der Waals surface area contributed by atoms with Gasteiger partial charge >= 0.3 is 0 Å². The molecule has 1 atom stereocenters. The lowest BCUT2D eigenvalue weighted by Crippen LogP contribution is -2.24. The molecule has 2 heterocycles. The van der Waals surface area contributed by atoms with Crippen molar-refractivity contribution >= 4 is 33.1 Å². The summed E-state index contributed by atoms with van der Waals surface area (Å²) in [7, 11) is 0. The predicted octanol–water partition coefficient (Wildman–Crippen LogP) is 2.85. The molecule has 0 aliphatic carbocycles. The van der Waals surface area contributed by atoms with Crippen LogP contribution in [-0.4, -0.2) is 15.9 Å². The van der Waals surface area contributed by atoms with E-state index in [9.17, 15) is 14.9 Å². The fourth-order valence-corrected chi connectivity index (χ4v) is 3.42. The molecule has 0 radical (unpaired) electrons. The number of fused-ring (bicyclic) bond motifs is 1. The Hall–Kier alpha value is -2.98. The van der Waals surface area contributed by atoms with Gasteiger partial charge in [-0.2, -0.15) is 5.26 Å². The predicted molar refractivity (Wildman–Crippen MR) is 93.1 cm³/mol. The maximum Gasteiger partial charge on any atom is 0.259 e. The van der Waals surface area contributed by atoms with Crippen LogP contribution in [0.5, 0.6) is 0 Å². The van der Waals surface area contributed by atoms with Crippen molar-refractivity contribution in [3.05, 3.63) is 57.0 Å². The van der Waals surface area contributed by atoms with Gasteiger partial charge in [0, 0.05) is 10.6 Å². The molecule has 2 aromatic heterocycles. The number of hydrogen-bond donors (Lipinski definition) is 2. The van der Waals surface area contributed by atoms with Gasteiger partial charge in [-0.05, 0) is 31.5 Å². The molecule has 0 bridgehead atoms. The molecule has 3 rings (SSSR count). The molecule has 24 heavy (non-hydrogen) atoms. The summed E-state index contributed by atoms with van der Waals surface area (Å²) in [4.78, 5) is 33.1. The molecule has 0 fully saturated rings. The highest BCUT2D eigenvalue weighted by Gasteiger charge is 2.24. The average Bonchev–Trinajstić information content (AvgIpc) is 2.84. The topological polar surface area (TPSA) is 98.6 Å². The first kappa shape index (κ1) is 15.9. The standard InChI is InChI=1S/C17H14N4O2S/c1-9-10(2)24-17-13(9)16(23)20-14(21-17)12(8-18)15(22)19-11-6-4-3-5-7-11/h3-7,12H,1-2H3,(H,19,22)(H,20,21,23)/t12-/m1/s1. The highest BCUT2D eigenvalue weighted by atomic mass is 32.1. The van der Waals surface area contributed by atoms with Crippen LogP contribution in [0.3, 0.4) is 0 Å². The summed E-state index contributed by atoms with van der Waals surface area (Å²) in [6.45, 7) is 3.76. The van der Waals surface area contributed by atoms with E-state index in [1.807, 2.05) is 26.0 Å². The first-order valence-corrected chi connectivity index (χ1v) is 8.08. The van der Waals surface area contributed by atoms with Crippen molar-refractivity contribution < 1.29 is 4.79 Å². The van der Waals surface area contributed by atoms with E-state index in [0.717, 1.165) is 10.4 Å². The van der Waals surface area contributed by atoms with Gasteiger partial charge in [-0.1, -0.05) is 18.2 Å². The number of benzene rings is 1. The Labute approximate surface area is 141 Å². The lowest BCUT2D eigenvalue weighted by molar-refractivity contribution is -0.116. The number of para-hydroxylation sites is 1. The van der Waals surface area contributed by atoms with Crippen molar-refractivity contribution in [2.45, 2.75) is 19.8 Å². The zero-order chi connectivity index (χ0) is 17.3. The number of thiophene rings is 1. The Balaban J connectivity index is 1.99. The highest BCUT2D eigenvalue weighted by molar-refractivity contribution is 7.18. The second kappa shape index (κ2) is 6.26. The number of anilines is 1. The number of amides is 1. The van der Waals surface area contributed by atoms with Crippen LogP contribution < -0.4 is 10.9 Å². The maximum atomic E-state index is 12.4. The smallest absolute Gasteiger partial charge is 0.259 e. The van der Waals surface area contributed by atoms with Gasteiger partial charge < -0.3 is 10.3 Å². The number of H-pyrrole nitrogens is 1. The number of carbonyl (C=O) groups is 1. The van der Waals surface area contributed by atoms with E-state index in [-0.39, 0.29) is 11.4 Å². The third-order valence-corrected chi connectivity index (χ3v) is 4.86. The van der Waals surface area contributed by atoms with E-state index >= 15 is 0 Å². The summed E-state index contributed by atoms with van der Waals surface area (Å²) in [5.74, 6) is -1.66. The van der Waals surface area contributed by atoms with Crippen LogP contribution in [0.25, 0.3) is 10.2 Å². The summed E-state index contributed by atoms with van der Waals surface area (Å²) in [6.07, 6.45) is 0. The van der Waals surface area contributed by atoms with Gasteiger partial charge in [0.1, 0.15) is 10.7 Å². The molecule has 1 aromatic carbocycles. The minimum Gasteiger partial charge on any atom is -0.325 e. The third-order valence-electron chi connectivity index (χ3n) is 3.76. The van der Waals surface area contributed by atoms with Crippen LogP contribution in [0.1, 0.15) is 22.2 Å². The number of nitriles is 1. The summed E-state index contributed by atoms with van der Waals surface area (Å²) in [5.41, 5.74) is 1.12. The van der Waals surface area contributed by atoms with Crippen LogP contribution in [0.15, 0.2) is 35.1 Å². The van der Waals surface area contributed by atoms with Crippen LogP contribution in [0, 0.1) is 25.2 Å². The molecule has 120 valence electrons. The average molecular weight is 338 g/mol. The van der Waals surface area contributed by atoms with Gasteiger partial charge in [-0.3, -0.25) is 9.59 Å². The summed E-state index contributed by atoms with van der Waals surface area (Å²) in [5, 5.41) is 12.6.